The average Bonchev–Trinajstić information content (AvgIpc) is 3.55. The van der Waals surface area contributed by atoms with Gasteiger partial charge in [0.05, 0.1) is 7.11 Å². The third kappa shape index (κ3) is 4.28. The lowest BCUT2D eigenvalue weighted by Gasteiger charge is -2.24. The van der Waals surface area contributed by atoms with Gasteiger partial charge in [0.1, 0.15) is 18.3 Å². The van der Waals surface area contributed by atoms with Gasteiger partial charge in [-0.3, -0.25) is 14.5 Å². The maximum Gasteiger partial charge on any atom is 0.325 e. The molecule has 1 aliphatic heterocycles. The summed E-state index contributed by atoms with van der Waals surface area (Å²) >= 11 is 0. The Hall–Kier alpha value is -3.81. The molecule has 8 nitrogen and oxygen atoms in total. The van der Waals surface area contributed by atoms with Crippen LogP contribution in [0.3, 0.4) is 0 Å². The smallest absolute Gasteiger partial charge is 0.325 e. The number of methoxy groups -OCH3 is 1. The molecule has 2 fully saturated rings. The van der Waals surface area contributed by atoms with E-state index in [2.05, 4.69) is 10.3 Å². The minimum Gasteiger partial charge on any atom is -0.497 e. The number of benzene rings is 2. The molecule has 2 N–H and O–H groups in total. The number of amides is 4. The minimum atomic E-state index is -0.680. The molecular formula is C25H26N4O4. The Balaban J connectivity index is 1.26. The molecular weight excluding hydrogens is 420 g/mol. The standard InChI is InChI=1S/C25H26N4O4/c1-33-19-10-6-16(7-11-19)14-28(18-8-9-18)23(30)15-29-24(31)22(27-25(29)32)12-17-13-26-21-5-3-2-4-20(17)21/h2-7,10-11,13,18,22,26H,8-9,12,14-15H2,1H3,(H,27,32)/t22-/m1/s1. The Bertz CT molecular complexity index is 1200. The Morgan fingerprint density at radius 3 is 2.61 bits per heavy atom. The minimum absolute atomic E-state index is 0.155. The lowest BCUT2D eigenvalue weighted by Crippen LogP contribution is -2.44. The quantitative estimate of drug-likeness (QED) is 0.520. The third-order valence-electron chi connectivity index (χ3n) is 6.32. The van der Waals surface area contributed by atoms with E-state index in [0.717, 1.165) is 45.5 Å². The molecule has 0 unspecified atom stereocenters. The van der Waals surface area contributed by atoms with Gasteiger partial charge in [0.2, 0.25) is 5.91 Å². The van der Waals surface area contributed by atoms with Crippen molar-refractivity contribution < 1.29 is 19.1 Å². The molecule has 1 saturated heterocycles. The zero-order valence-corrected chi connectivity index (χ0v) is 18.4. The molecule has 170 valence electrons. The van der Waals surface area contributed by atoms with E-state index < -0.39 is 12.1 Å². The third-order valence-corrected chi connectivity index (χ3v) is 6.32. The Morgan fingerprint density at radius 2 is 1.88 bits per heavy atom. The maximum atomic E-state index is 13.1. The molecule has 0 spiro atoms. The lowest BCUT2D eigenvalue weighted by molar-refractivity contribution is -0.138. The van der Waals surface area contributed by atoms with Crippen LogP contribution in [0.25, 0.3) is 10.9 Å². The van der Waals surface area contributed by atoms with Gasteiger partial charge in [-0.15, -0.1) is 0 Å². The number of nitrogens with one attached hydrogen (secondary N) is 2. The number of rotatable bonds is 8. The molecule has 1 aromatic heterocycles. The fraction of sp³-hybridized carbons (Fsp3) is 0.320. The second-order valence-electron chi connectivity index (χ2n) is 8.59. The van der Waals surface area contributed by atoms with Crippen molar-refractivity contribution in [2.24, 2.45) is 0 Å². The first kappa shape index (κ1) is 21.1. The van der Waals surface area contributed by atoms with Crippen molar-refractivity contribution >= 4 is 28.7 Å². The molecule has 8 heteroatoms. The molecule has 2 heterocycles. The number of hydrogen-bond acceptors (Lipinski definition) is 4. The first-order valence-electron chi connectivity index (χ1n) is 11.1. The van der Waals surface area contributed by atoms with Crippen LogP contribution in [0.4, 0.5) is 4.79 Å². The second-order valence-corrected chi connectivity index (χ2v) is 8.59. The van der Waals surface area contributed by atoms with Crippen LogP contribution in [-0.2, 0) is 22.6 Å². The molecule has 0 bridgehead atoms. The van der Waals surface area contributed by atoms with Crippen LogP contribution >= 0.6 is 0 Å². The van der Waals surface area contributed by atoms with Crippen molar-refractivity contribution in [2.45, 2.75) is 37.9 Å². The van der Waals surface area contributed by atoms with E-state index in [1.165, 1.54) is 0 Å². The highest BCUT2D eigenvalue weighted by atomic mass is 16.5. The van der Waals surface area contributed by atoms with E-state index in [0.29, 0.717) is 13.0 Å². The Morgan fingerprint density at radius 1 is 1.12 bits per heavy atom. The van der Waals surface area contributed by atoms with Gasteiger partial charge >= 0.3 is 6.03 Å². The summed E-state index contributed by atoms with van der Waals surface area (Å²) in [6.07, 6.45) is 4.11. The number of carbonyl (C=O) groups is 3. The maximum absolute atomic E-state index is 13.1. The Labute approximate surface area is 191 Å². The summed E-state index contributed by atoms with van der Waals surface area (Å²) in [7, 11) is 1.61. The van der Waals surface area contributed by atoms with Crippen molar-refractivity contribution in [3.8, 4) is 5.75 Å². The monoisotopic (exact) mass is 446 g/mol. The van der Waals surface area contributed by atoms with E-state index in [1.807, 2.05) is 54.7 Å². The van der Waals surface area contributed by atoms with Gasteiger partial charge in [-0.2, -0.15) is 0 Å². The van der Waals surface area contributed by atoms with Crippen molar-refractivity contribution in [1.82, 2.24) is 20.1 Å². The molecule has 4 amide bonds. The van der Waals surface area contributed by atoms with E-state index >= 15 is 0 Å². The van der Waals surface area contributed by atoms with Gasteiger partial charge in [-0.1, -0.05) is 30.3 Å². The largest absolute Gasteiger partial charge is 0.497 e. The molecule has 2 aromatic carbocycles. The molecule has 1 saturated carbocycles. The number of aromatic nitrogens is 1. The van der Waals surface area contributed by atoms with Gasteiger partial charge in [-0.05, 0) is 42.2 Å². The van der Waals surface area contributed by atoms with Crippen LogP contribution in [0.15, 0.2) is 54.7 Å². The van der Waals surface area contributed by atoms with Gasteiger partial charge in [0.25, 0.3) is 5.91 Å². The van der Waals surface area contributed by atoms with Crippen LogP contribution in [0.5, 0.6) is 5.75 Å². The fourth-order valence-electron chi connectivity index (χ4n) is 4.35. The molecule has 3 aromatic rings. The summed E-state index contributed by atoms with van der Waals surface area (Å²) < 4.78 is 5.19. The summed E-state index contributed by atoms with van der Waals surface area (Å²) in [5.74, 6) is 0.173. The van der Waals surface area contributed by atoms with E-state index in [1.54, 1.807) is 12.0 Å². The summed E-state index contributed by atoms with van der Waals surface area (Å²) in [5, 5.41) is 3.77. The predicted molar refractivity (Wildman–Crippen MR) is 123 cm³/mol. The van der Waals surface area contributed by atoms with Crippen LogP contribution < -0.4 is 10.1 Å². The zero-order chi connectivity index (χ0) is 22.9. The molecule has 2 aliphatic rings. The molecule has 1 atom stereocenters. The summed E-state index contributed by atoms with van der Waals surface area (Å²) in [6.45, 7) is 0.192. The van der Waals surface area contributed by atoms with E-state index in [4.69, 9.17) is 4.74 Å². The number of fused-ring (bicyclic) bond motifs is 1. The number of H-pyrrole nitrogens is 1. The molecule has 33 heavy (non-hydrogen) atoms. The van der Waals surface area contributed by atoms with Crippen molar-refractivity contribution in [3.63, 3.8) is 0 Å². The number of imide groups is 1. The fourth-order valence-corrected chi connectivity index (χ4v) is 4.35. The topological polar surface area (TPSA) is 94.7 Å². The van der Waals surface area contributed by atoms with Crippen molar-refractivity contribution in [1.29, 1.82) is 0 Å². The predicted octanol–water partition coefficient (Wildman–Crippen LogP) is 2.83. The summed E-state index contributed by atoms with van der Waals surface area (Å²) in [4.78, 5) is 44.7. The van der Waals surface area contributed by atoms with Crippen LogP contribution in [-0.4, -0.2) is 58.4 Å². The van der Waals surface area contributed by atoms with Gasteiger partial charge in [0.15, 0.2) is 0 Å². The summed E-state index contributed by atoms with van der Waals surface area (Å²) in [6, 6.07) is 14.4. The van der Waals surface area contributed by atoms with Crippen LogP contribution in [0.1, 0.15) is 24.0 Å². The number of nitrogens with zero attached hydrogens (tertiary/aromatic N) is 2. The first-order chi connectivity index (χ1) is 16.0. The lowest BCUT2D eigenvalue weighted by atomic mass is 10.1. The number of hydrogen-bond donors (Lipinski definition) is 2. The van der Waals surface area contributed by atoms with Crippen LogP contribution in [0.2, 0.25) is 0 Å². The SMILES string of the molecule is COc1ccc(CN(C(=O)CN2C(=O)N[C@H](Cc3c[nH]c4ccccc34)C2=O)C2CC2)cc1. The van der Waals surface area contributed by atoms with E-state index in [-0.39, 0.29) is 24.4 Å². The van der Waals surface area contributed by atoms with Gasteiger partial charge < -0.3 is 19.9 Å². The summed E-state index contributed by atoms with van der Waals surface area (Å²) in [5.41, 5.74) is 2.91. The number of carbonyl (C=O) groups excluding carboxylic acids is 3. The number of para-hydroxylation sites is 1. The normalized spacial score (nSPS) is 18.0. The highest BCUT2D eigenvalue weighted by Gasteiger charge is 2.41. The highest BCUT2D eigenvalue weighted by molar-refractivity contribution is 6.06. The van der Waals surface area contributed by atoms with Crippen LogP contribution in [0, 0.1) is 0 Å². The average molecular weight is 447 g/mol. The zero-order valence-electron chi connectivity index (χ0n) is 18.4. The first-order valence-corrected chi connectivity index (χ1v) is 11.1. The number of aromatic amines is 1. The molecule has 5 rings (SSSR count). The second kappa shape index (κ2) is 8.61. The molecule has 0 radical (unpaired) electrons. The van der Waals surface area contributed by atoms with E-state index in [9.17, 15) is 14.4 Å². The van der Waals surface area contributed by atoms with Gasteiger partial charge in [-0.25, -0.2) is 4.79 Å². The number of ether oxygens (including phenoxy) is 1. The highest BCUT2D eigenvalue weighted by Crippen LogP contribution is 2.29. The van der Waals surface area contributed by atoms with Crippen molar-refractivity contribution in [3.05, 3.63) is 65.9 Å². The Kier molecular flexibility index (Phi) is 5.50. The molecule has 1 aliphatic carbocycles. The van der Waals surface area contributed by atoms with Crippen molar-refractivity contribution in [2.75, 3.05) is 13.7 Å². The number of urea groups is 1. The van der Waals surface area contributed by atoms with Gasteiger partial charge in [0, 0.05) is 36.1 Å².